The summed E-state index contributed by atoms with van der Waals surface area (Å²) in [7, 11) is 1.65. The van der Waals surface area contributed by atoms with Crippen LogP contribution in [0.4, 0.5) is 10.5 Å². The molecule has 0 spiro atoms. The molecule has 0 aliphatic carbocycles. The minimum absolute atomic E-state index is 0.0113. The highest BCUT2D eigenvalue weighted by molar-refractivity contribution is 5.91. The van der Waals surface area contributed by atoms with E-state index in [4.69, 9.17) is 9.47 Å². The average Bonchev–Trinajstić information content (AvgIpc) is 2.65. The number of benzene rings is 1. The zero-order valence-electron chi connectivity index (χ0n) is 12.0. The topological polar surface area (TPSA) is 38.8 Å². The van der Waals surface area contributed by atoms with Crippen molar-refractivity contribution in [3.63, 3.8) is 0 Å². The van der Waals surface area contributed by atoms with Crippen LogP contribution in [0.3, 0.4) is 0 Å². The summed E-state index contributed by atoms with van der Waals surface area (Å²) in [4.78, 5) is 14.1. The molecule has 1 amide bonds. The number of carbonyl (C=O) groups is 1. The second kappa shape index (κ2) is 5.21. The minimum atomic E-state index is -0.494. The molecule has 2 rings (SSSR count). The van der Waals surface area contributed by atoms with Crippen LogP contribution in [0.5, 0.6) is 0 Å². The lowest BCUT2D eigenvalue weighted by Crippen LogP contribution is -2.43. The Kier molecular flexibility index (Phi) is 3.80. The van der Waals surface area contributed by atoms with E-state index in [9.17, 15) is 4.79 Å². The van der Waals surface area contributed by atoms with E-state index < -0.39 is 5.60 Å². The molecule has 0 fully saturated rings. The Bertz CT molecular complexity index is 465. The summed E-state index contributed by atoms with van der Waals surface area (Å²) in [5, 5.41) is 0. The number of nitrogens with zero attached hydrogens (tertiary/aromatic N) is 1. The molecule has 0 saturated heterocycles. The molecule has 0 bridgehead atoms. The summed E-state index contributed by atoms with van der Waals surface area (Å²) >= 11 is 0. The SMILES string of the molecule is COC[C@@H]1Cc2ccccc2N1C(=O)OC(C)(C)C. The van der Waals surface area contributed by atoms with Gasteiger partial charge in [-0.05, 0) is 38.8 Å². The van der Waals surface area contributed by atoms with E-state index in [1.165, 1.54) is 0 Å². The zero-order chi connectivity index (χ0) is 14.0. The van der Waals surface area contributed by atoms with Crippen LogP contribution >= 0.6 is 0 Å². The van der Waals surface area contributed by atoms with E-state index in [1.807, 2.05) is 45.0 Å². The Balaban J connectivity index is 2.26. The Labute approximate surface area is 114 Å². The highest BCUT2D eigenvalue weighted by atomic mass is 16.6. The summed E-state index contributed by atoms with van der Waals surface area (Å²) in [5.74, 6) is 0. The van der Waals surface area contributed by atoms with Gasteiger partial charge < -0.3 is 9.47 Å². The molecular formula is C15H21NO3. The Morgan fingerprint density at radius 3 is 2.68 bits per heavy atom. The van der Waals surface area contributed by atoms with Crippen molar-refractivity contribution in [2.45, 2.75) is 38.8 Å². The number of hydrogen-bond acceptors (Lipinski definition) is 3. The van der Waals surface area contributed by atoms with Gasteiger partial charge in [-0.25, -0.2) is 4.79 Å². The van der Waals surface area contributed by atoms with Crippen molar-refractivity contribution in [3.8, 4) is 0 Å². The van der Waals surface area contributed by atoms with Crippen LogP contribution < -0.4 is 4.90 Å². The van der Waals surface area contributed by atoms with Crippen molar-refractivity contribution in [2.75, 3.05) is 18.6 Å². The van der Waals surface area contributed by atoms with Crippen LogP contribution in [0.15, 0.2) is 24.3 Å². The molecule has 0 unspecified atom stereocenters. The molecule has 1 aromatic carbocycles. The monoisotopic (exact) mass is 263 g/mol. The van der Waals surface area contributed by atoms with Gasteiger partial charge in [-0.1, -0.05) is 18.2 Å². The van der Waals surface area contributed by atoms with Crippen LogP contribution in [-0.2, 0) is 15.9 Å². The van der Waals surface area contributed by atoms with Gasteiger partial charge in [-0.15, -0.1) is 0 Å². The Morgan fingerprint density at radius 1 is 1.37 bits per heavy atom. The molecule has 0 radical (unpaired) electrons. The highest BCUT2D eigenvalue weighted by Crippen LogP contribution is 2.33. The van der Waals surface area contributed by atoms with Crippen LogP contribution in [-0.4, -0.2) is 31.5 Å². The van der Waals surface area contributed by atoms with Crippen LogP contribution in [0.1, 0.15) is 26.3 Å². The number of anilines is 1. The van der Waals surface area contributed by atoms with Gasteiger partial charge >= 0.3 is 6.09 Å². The lowest BCUT2D eigenvalue weighted by atomic mass is 10.1. The second-order valence-electron chi connectivity index (χ2n) is 5.79. The van der Waals surface area contributed by atoms with Gasteiger partial charge in [-0.2, -0.15) is 0 Å². The number of carbonyl (C=O) groups excluding carboxylic acids is 1. The van der Waals surface area contributed by atoms with Gasteiger partial charge in [0.25, 0.3) is 0 Å². The maximum absolute atomic E-state index is 12.4. The zero-order valence-corrected chi connectivity index (χ0v) is 12.0. The normalized spacial score (nSPS) is 18.3. The molecule has 19 heavy (non-hydrogen) atoms. The molecule has 1 atom stereocenters. The fraction of sp³-hybridized carbons (Fsp3) is 0.533. The standard InChI is InChI=1S/C15H21NO3/c1-15(2,3)19-14(17)16-12(10-18-4)9-11-7-5-6-8-13(11)16/h5-8,12H,9-10H2,1-4H3/t12-/m0/s1. The Hall–Kier alpha value is -1.55. The Morgan fingerprint density at radius 2 is 2.05 bits per heavy atom. The molecule has 0 N–H and O–H groups in total. The third kappa shape index (κ3) is 3.07. The number of hydrogen-bond donors (Lipinski definition) is 0. The maximum Gasteiger partial charge on any atom is 0.415 e. The first-order chi connectivity index (χ1) is 8.92. The van der Waals surface area contributed by atoms with E-state index in [-0.39, 0.29) is 12.1 Å². The summed E-state index contributed by atoms with van der Waals surface area (Å²) in [5.41, 5.74) is 1.60. The lowest BCUT2D eigenvalue weighted by Gasteiger charge is -2.28. The highest BCUT2D eigenvalue weighted by Gasteiger charge is 2.36. The van der Waals surface area contributed by atoms with Gasteiger partial charge in [0.15, 0.2) is 0 Å². The van der Waals surface area contributed by atoms with E-state index in [0.29, 0.717) is 6.61 Å². The molecule has 1 aliphatic rings. The molecule has 104 valence electrons. The van der Waals surface area contributed by atoms with Crippen molar-refractivity contribution < 1.29 is 14.3 Å². The molecule has 1 heterocycles. The van der Waals surface area contributed by atoms with Crippen molar-refractivity contribution in [2.24, 2.45) is 0 Å². The van der Waals surface area contributed by atoms with Gasteiger partial charge in [0.2, 0.25) is 0 Å². The first-order valence-corrected chi connectivity index (χ1v) is 6.51. The third-order valence-electron chi connectivity index (χ3n) is 3.02. The van der Waals surface area contributed by atoms with Crippen molar-refractivity contribution in [1.29, 1.82) is 0 Å². The number of methoxy groups -OCH3 is 1. The van der Waals surface area contributed by atoms with Gasteiger partial charge in [0.1, 0.15) is 5.60 Å². The predicted octanol–water partition coefficient (Wildman–Crippen LogP) is 3.00. The smallest absolute Gasteiger partial charge is 0.415 e. The molecule has 4 nitrogen and oxygen atoms in total. The summed E-state index contributed by atoms with van der Waals surface area (Å²) in [6, 6.07) is 7.93. The maximum atomic E-state index is 12.4. The summed E-state index contributed by atoms with van der Waals surface area (Å²) < 4.78 is 10.7. The molecule has 0 saturated carbocycles. The molecule has 1 aliphatic heterocycles. The van der Waals surface area contributed by atoms with Crippen molar-refractivity contribution in [3.05, 3.63) is 29.8 Å². The van der Waals surface area contributed by atoms with Crippen LogP contribution in [0.2, 0.25) is 0 Å². The van der Waals surface area contributed by atoms with Gasteiger partial charge in [0, 0.05) is 7.11 Å². The lowest BCUT2D eigenvalue weighted by molar-refractivity contribution is 0.0548. The quantitative estimate of drug-likeness (QED) is 0.823. The first kappa shape index (κ1) is 13.9. The molecule has 4 heteroatoms. The van der Waals surface area contributed by atoms with Crippen molar-refractivity contribution in [1.82, 2.24) is 0 Å². The van der Waals surface area contributed by atoms with Crippen molar-refractivity contribution >= 4 is 11.8 Å². The predicted molar refractivity (Wildman–Crippen MR) is 74.5 cm³/mol. The fourth-order valence-electron chi connectivity index (χ4n) is 2.34. The largest absolute Gasteiger partial charge is 0.443 e. The number of ether oxygens (including phenoxy) is 2. The summed E-state index contributed by atoms with van der Waals surface area (Å²) in [6.07, 6.45) is 0.503. The van der Waals surface area contributed by atoms with Crippen LogP contribution in [0.25, 0.3) is 0 Å². The average molecular weight is 263 g/mol. The minimum Gasteiger partial charge on any atom is -0.443 e. The number of para-hydroxylation sites is 1. The fourth-order valence-corrected chi connectivity index (χ4v) is 2.34. The number of rotatable bonds is 2. The van der Waals surface area contributed by atoms with Gasteiger partial charge in [-0.3, -0.25) is 4.90 Å². The number of fused-ring (bicyclic) bond motifs is 1. The first-order valence-electron chi connectivity index (χ1n) is 6.51. The molecular weight excluding hydrogens is 242 g/mol. The molecule has 1 aromatic rings. The number of amides is 1. The van der Waals surface area contributed by atoms with E-state index in [0.717, 1.165) is 17.7 Å². The van der Waals surface area contributed by atoms with Gasteiger partial charge in [0.05, 0.1) is 18.3 Å². The third-order valence-corrected chi connectivity index (χ3v) is 3.02. The van der Waals surface area contributed by atoms with E-state index >= 15 is 0 Å². The summed E-state index contributed by atoms with van der Waals surface area (Å²) in [6.45, 7) is 6.13. The second-order valence-corrected chi connectivity index (χ2v) is 5.79. The van der Waals surface area contributed by atoms with Crippen LogP contribution in [0, 0.1) is 0 Å². The van der Waals surface area contributed by atoms with E-state index in [1.54, 1.807) is 12.0 Å². The molecule has 0 aromatic heterocycles. The van der Waals surface area contributed by atoms with E-state index in [2.05, 4.69) is 0 Å².